The summed E-state index contributed by atoms with van der Waals surface area (Å²) in [6.45, 7) is 8.99. The summed E-state index contributed by atoms with van der Waals surface area (Å²) < 4.78 is 0. The van der Waals surface area contributed by atoms with Gasteiger partial charge < -0.3 is 10.2 Å². The van der Waals surface area contributed by atoms with E-state index in [0.29, 0.717) is 50.1 Å². The average Bonchev–Trinajstić information content (AvgIpc) is 2.81. The van der Waals surface area contributed by atoms with Gasteiger partial charge in [0.2, 0.25) is 0 Å². The first-order chi connectivity index (χ1) is 17.2. The Kier molecular flexibility index (Phi) is 14.6. The van der Waals surface area contributed by atoms with E-state index in [0.717, 1.165) is 11.4 Å². The van der Waals surface area contributed by atoms with Crippen molar-refractivity contribution in [1.82, 2.24) is 0 Å². The van der Waals surface area contributed by atoms with Crippen molar-refractivity contribution in [3.63, 3.8) is 0 Å². The van der Waals surface area contributed by atoms with Crippen LogP contribution < -0.4 is 0 Å². The molecule has 2 rings (SSSR count). The quantitative estimate of drug-likeness (QED) is 0.334. The van der Waals surface area contributed by atoms with Crippen LogP contribution in [0.2, 0.25) is 0 Å². The lowest BCUT2D eigenvalue weighted by Crippen LogP contribution is -2.04. The summed E-state index contributed by atoms with van der Waals surface area (Å²) in [5.41, 5.74) is 3.06. The molecule has 0 amide bonds. The third-order valence-electron chi connectivity index (χ3n) is 4.57. The minimum absolute atomic E-state index is 0.123. The van der Waals surface area contributed by atoms with Gasteiger partial charge in [0, 0.05) is 47.8 Å². The summed E-state index contributed by atoms with van der Waals surface area (Å²) >= 11 is 0. The maximum absolute atomic E-state index is 10.8. The van der Waals surface area contributed by atoms with Crippen LogP contribution in [0.15, 0.2) is 68.5 Å². The second kappa shape index (κ2) is 17.5. The molecule has 8 nitrogen and oxygen atoms in total. The number of rotatable bonds is 12. The molecular formula is C28H36N4O4. The Labute approximate surface area is 213 Å². The zero-order valence-corrected chi connectivity index (χ0v) is 21.5. The van der Waals surface area contributed by atoms with Crippen LogP contribution in [0, 0.1) is 0 Å². The van der Waals surface area contributed by atoms with E-state index in [1.54, 1.807) is 62.7 Å². The Bertz CT molecular complexity index is 1020. The number of carbonyl (C=O) groups is 2. The van der Waals surface area contributed by atoms with Crippen LogP contribution in [0.4, 0.5) is 0 Å². The van der Waals surface area contributed by atoms with Crippen molar-refractivity contribution in [3.8, 4) is 11.5 Å². The normalized spacial score (nSPS) is 12.0. The predicted molar refractivity (Wildman–Crippen MR) is 148 cm³/mol. The average molecular weight is 493 g/mol. The van der Waals surface area contributed by atoms with Gasteiger partial charge in [-0.1, -0.05) is 24.3 Å². The highest BCUT2D eigenvalue weighted by Crippen LogP contribution is 2.13. The standard InChI is InChI=1S/C16H16N2O2.C12H20N2O2/c19-15-7-3-1-5-13(15)11-17-9-10-18-12-14-6-2-4-8-16(14)20;1-9(7-11(3)15)13-5-6-14-10(2)8-12(4)16/h1-8,11-12,19-20H,9-10H2;5-8H2,1-4H3/b17-11+,18-12+;13-9+,14-10+. The molecule has 2 aromatic rings. The Morgan fingerprint density at radius 1 is 0.639 bits per heavy atom. The Balaban J connectivity index is 0.000000371. The third-order valence-corrected chi connectivity index (χ3v) is 4.57. The van der Waals surface area contributed by atoms with Crippen LogP contribution in [0.1, 0.15) is 51.7 Å². The third kappa shape index (κ3) is 14.3. The molecular weight excluding hydrogens is 456 g/mol. The smallest absolute Gasteiger partial charge is 0.135 e. The molecule has 36 heavy (non-hydrogen) atoms. The number of para-hydroxylation sites is 2. The molecule has 0 saturated carbocycles. The first kappa shape index (κ1) is 30.1. The molecule has 0 unspecified atom stereocenters. The van der Waals surface area contributed by atoms with E-state index in [4.69, 9.17) is 0 Å². The molecule has 0 fully saturated rings. The number of hydrogen-bond acceptors (Lipinski definition) is 8. The number of phenolic OH excluding ortho intramolecular Hbond substituents is 2. The van der Waals surface area contributed by atoms with Gasteiger partial charge in [0.1, 0.15) is 23.1 Å². The molecule has 2 N–H and O–H groups in total. The van der Waals surface area contributed by atoms with Crippen LogP contribution in [-0.2, 0) is 9.59 Å². The SMILES string of the molecule is CC(=O)C/C(C)=N/CC/N=C(\C)CC(C)=O.Oc1ccccc1/C=N/CC/N=C/c1ccccc1O. The predicted octanol–water partition coefficient (Wildman–Crippen LogP) is 4.50. The number of hydrogen-bond donors (Lipinski definition) is 2. The van der Waals surface area contributed by atoms with Gasteiger partial charge in [0.05, 0.1) is 26.2 Å². The van der Waals surface area contributed by atoms with E-state index in [1.165, 1.54) is 0 Å². The lowest BCUT2D eigenvalue weighted by Gasteiger charge is -1.98. The van der Waals surface area contributed by atoms with Crippen LogP contribution in [0.3, 0.4) is 0 Å². The molecule has 0 spiro atoms. The van der Waals surface area contributed by atoms with Crippen molar-refractivity contribution in [1.29, 1.82) is 0 Å². The fourth-order valence-electron chi connectivity index (χ4n) is 2.95. The summed E-state index contributed by atoms with van der Waals surface area (Å²) in [6, 6.07) is 14.1. The highest BCUT2D eigenvalue weighted by molar-refractivity contribution is 6.00. The number of aromatic hydroxyl groups is 2. The summed E-state index contributed by atoms with van der Waals surface area (Å²) in [7, 11) is 0. The Morgan fingerprint density at radius 2 is 1.00 bits per heavy atom. The van der Waals surface area contributed by atoms with Crippen molar-refractivity contribution in [2.75, 3.05) is 26.2 Å². The molecule has 0 bridgehead atoms. The number of phenols is 2. The molecule has 0 aliphatic heterocycles. The molecule has 192 valence electrons. The maximum atomic E-state index is 10.8. The molecule has 0 atom stereocenters. The van der Waals surface area contributed by atoms with Crippen molar-refractivity contribution < 1.29 is 19.8 Å². The van der Waals surface area contributed by atoms with E-state index >= 15 is 0 Å². The number of ketones is 2. The van der Waals surface area contributed by atoms with Gasteiger partial charge in [-0.3, -0.25) is 29.6 Å². The first-order valence-corrected chi connectivity index (χ1v) is 11.7. The van der Waals surface area contributed by atoms with Crippen molar-refractivity contribution in [2.24, 2.45) is 20.0 Å². The summed E-state index contributed by atoms with van der Waals surface area (Å²) in [4.78, 5) is 38.4. The monoisotopic (exact) mass is 492 g/mol. The minimum atomic E-state index is 0.123. The molecule has 0 aliphatic rings. The fraction of sp³-hybridized carbons (Fsp3) is 0.357. The highest BCUT2D eigenvalue weighted by Gasteiger charge is 1.98. The molecule has 0 aromatic heterocycles. The number of benzene rings is 2. The van der Waals surface area contributed by atoms with Gasteiger partial charge in [-0.15, -0.1) is 0 Å². The number of carbonyl (C=O) groups excluding carboxylic acids is 2. The van der Waals surface area contributed by atoms with Crippen molar-refractivity contribution in [3.05, 3.63) is 59.7 Å². The number of nitrogens with zero attached hydrogens (tertiary/aromatic N) is 4. The van der Waals surface area contributed by atoms with Crippen LogP contribution in [-0.4, -0.2) is 71.8 Å². The zero-order chi connectivity index (χ0) is 26.8. The van der Waals surface area contributed by atoms with Gasteiger partial charge in [0.25, 0.3) is 0 Å². The van der Waals surface area contributed by atoms with Gasteiger partial charge in [-0.25, -0.2) is 0 Å². The largest absolute Gasteiger partial charge is 0.507 e. The Hall–Kier alpha value is -3.94. The lowest BCUT2D eigenvalue weighted by molar-refractivity contribution is -0.116. The number of aliphatic imine (C=N–C) groups is 4. The molecule has 8 heteroatoms. The Morgan fingerprint density at radius 3 is 1.33 bits per heavy atom. The number of Topliss-reactive ketones (excluding diaryl/α,β-unsaturated/α-hetero) is 2. The van der Waals surface area contributed by atoms with Crippen molar-refractivity contribution >= 4 is 35.4 Å². The first-order valence-electron chi connectivity index (χ1n) is 11.7. The highest BCUT2D eigenvalue weighted by atomic mass is 16.3. The van der Waals surface area contributed by atoms with Crippen LogP contribution in [0.5, 0.6) is 11.5 Å². The van der Waals surface area contributed by atoms with E-state index < -0.39 is 0 Å². The zero-order valence-electron chi connectivity index (χ0n) is 21.5. The summed E-state index contributed by atoms with van der Waals surface area (Å²) in [6.07, 6.45) is 4.09. The van der Waals surface area contributed by atoms with E-state index in [-0.39, 0.29) is 23.1 Å². The van der Waals surface area contributed by atoms with E-state index in [1.807, 2.05) is 26.0 Å². The van der Waals surface area contributed by atoms with Gasteiger partial charge in [0.15, 0.2) is 0 Å². The van der Waals surface area contributed by atoms with Gasteiger partial charge in [-0.05, 0) is 52.0 Å². The molecule has 0 saturated heterocycles. The van der Waals surface area contributed by atoms with Gasteiger partial charge >= 0.3 is 0 Å². The second-order valence-corrected chi connectivity index (χ2v) is 8.18. The van der Waals surface area contributed by atoms with Crippen molar-refractivity contribution in [2.45, 2.75) is 40.5 Å². The lowest BCUT2D eigenvalue weighted by atomic mass is 10.2. The summed E-state index contributed by atoms with van der Waals surface area (Å²) in [5, 5.41) is 19.1. The van der Waals surface area contributed by atoms with E-state index in [9.17, 15) is 19.8 Å². The van der Waals surface area contributed by atoms with Crippen LogP contribution >= 0.6 is 0 Å². The molecule has 0 heterocycles. The van der Waals surface area contributed by atoms with Gasteiger partial charge in [-0.2, -0.15) is 0 Å². The summed E-state index contributed by atoms with van der Waals surface area (Å²) in [5.74, 6) is 0.679. The maximum Gasteiger partial charge on any atom is 0.135 e. The van der Waals surface area contributed by atoms with Crippen LogP contribution in [0.25, 0.3) is 0 Å². The van der Waals surface area contributed by atoms with E-state index in [2.05, 4.69) is 20.0 Å². The molecule has 0 aliphatic carbocycles. The fourth-order valence-corrected chi connectivity index (χ4v) is 2.95. The molecule has 2 aromatic carbocycles. The molecule has 0 radical (unpaired) electrons. The minimum Gasteiger partial charge on any atom is -0.507 e. The second-order valence-electron chi connectivity index (χ2n) is 8.18. The topological polar surface area (TPSA) is 124 Å².